The zero-order valence-corrected chi connectivity index (χ0v) is 16.3. The van der Waals surface area contributed by atoms with E-state index in [0.717, 1.165) is 0 Å². The molecule has 152 valence electrons. The molecule has 0 bridgehead atoms. The van der Waals surface area contributed by atoms with Crippen molar-refractivity contribution >= 4 is 29.2 Å². The highest BCUT2D eigenvalue weighted by atomic mass is 19.1. The Morgan fingerprint density at radius 2 is 1.97 bits per heavy atom. The van der Waals surface area contributed by atoms with Crippen LogP contribution in [0.2, 0.25) is 0 Å². The van der Waals surface area contributed by atoms with E-state index in [1.807, 2.05) is 0 Å². The van der Waals surface area contributed by atoms with Gasteiger partial charge in [0.05, 0.1) is 12.2 Å². The first-order chi connectivity index (χ1) is 13.8. The van der Waals surface area contributed by atoms with E-state index in [1.165, 1.54) is 30.9 Å². The Kier molecular flexibility index (Phi) is 5.81. The molecule has 1 heterocycles. The lowest BCUT2D eigenvalue weighted by molar-refractivity contribution is -0.160. The maximum Gasteiger partial charge on any atom is 0.350 e. The molecule has 1 aliphatic heterocycles. The third-order valence-electron chi connectivity index (χ3n) is 4.52. The van der Waals surface area contributed by atoms with E-state index >= 15 is 0 Å². The molecule has 2 aromatic rings. The smallest absolute Gasteiger partial charge is 0.350 e. The molecule has 0 unspecified atom stereocenters. The summed E-state index contributed by atoms with van der Waals surface area (Å²) in [6, 6.07) is 11.1. The first-order valence-electron chi connectivity index (χ1n) is 9.07. The van der Waals surface area contributed by atoms with Crippen LogP contribution in [-0.2, 0) is 19.1 Å². The average molecular weight is 400 g/mol. The van der Waals surface area contributed by atoms with Crippen molar-refractivity contribution in [2.45, 2.75) is 33.0 Å². The van der Waals surface area contributed by atoms with Crippen LogP contribution < -0.4 is 15.0 Å². The first-order valence-corrected chi connectivity index (χ1v) is 9.07. The highest BCUT2D eigenvalue weighted by Gasteiger charge is 2.35. The zero-order valence-electron chi connectivity index (χ0n) is 16.3. The molecular formula is C21H21FN2O5. The predicted molar refractivity (Wildman–Crippen MR) is 104 cm³/mol. The number of hydrogen-bond acceptors (Lipinski definition) is 5. The molecule has 7 nitrogen and oxygen atoms in total. The molecule has 1 N–H and O–H groups in total. The number of rotatable bonds is 4. The summed E-state index contributed by atoms with van der Waals surface area (Å²) < 4.78 is 24.5. The summed E-state index contributed by atoms with van der Waals surface area (Å²) in [5.41, 5.74) is 1.27. The number of aryl methyl sites for hydroxylation is 1. The third-order valence-corrected chi connectivity index (χ3v) is 4.52. The van der Waals surface area contributed by atoms with E-state index in [-0.39, 0.29) is 18.1 Å². The minimum Gasteiger partial charge on any atom is -0.475 e. The second kappa shape index (κ2) is 8.30. The molecular weight excluding hydrogens is 379 g/mol. The molecule has 2 atom stereocenters. The van der Waals surface area contributed by atoms with E-state index in [1.54, 1.807) is 37.3 Å². The van der Waals surface area contributed by atoms with Crippen molar-refractivity contribution in [3.05, 3.63) is 53.8 Å². The molecule has 0 fully saturated rings. The molecule has 0 aliphatic carbocycles. The Morgan fingerprint density at radius 3 is 2.66 bits per heavy atom. The van der Waals surface area contributed by atoms with Crippen LogP contribution in [0.3, 0.4) is 0 Å². The number of para-hydroxylation sites is 2. The zero-order chi connectivity index (χ0) is 21.1. The van der Waals surface area contributed by atoms with Crippen LogP contribution in [0.4, 0.5) is 15.8 Å². The van der Waals surface area contributed by atoms with E-state index in [4.69, 9.17) is 9.47 Å². The van der Waals surface area contributed by atoms with Gasteiger partial charge in [-0.15, -0.1) is 0 Å². The highest BCUT2D eigenvalue weighted by molar-refractivity contribution is 5.97. The van der Waals surface area contributed by atoms with Gasteiger partial charge in [-0.05, 0) is 43.7 Å². The van der Waals surface area contributed by atoms with Gasteiger partial charge >= 0.3 is 5.97 Å². The van der Waals surface area contributed by atoms with Gasteiger partial charge in [-0.2, -0.15) is 0 Å². The predicted octanol–water partition coefficient (Wildman–Crippen LogP) is 2.82. The molecule has 0 radical (unpaired) electrons. The lowest BCUT2D eigenvalue weighted by atomic mass is 10.2. The van der Waals surface area contributed by atoms with Crippen LogP contribution in [-0.4, -0.2) is 36.5 Å². The van der Waals surface area contributed by atoms with E-state index in [0.29, 0.717) is 17.0 Å². The molecule has 2 amide bonds. The van der Waals surface area contributed by atoms with Gasteiger partial charge in [0.2, 0.25) is 12.0 Å². The number of esters is 1. The number of nitrogens with one attached hydrogen (secondary N) is 1. The fourth-order valence-corrected chi connectivity index (χ4v) is 2.87. The molecule has 2 aromatic carbocycles. The third kappa shape index (κ3) is 4.53. The van der Waals surface area contributed by atoms with Crippen molar-refractivity contribution in [2.75, 3.05) is 16.8 Å². The number of carbonyl (C=O) groups excluding carboxylic acids is 3. The van der Waals surface area contributed by atoms with Gasteiger partial charge in [-0.3, -0.25) is 9.59 Å². The second-order valence-corrected chi connectivity index (χ2v) is 6.74. The normalized spacial score (nSPS) is 16.3. The number of carbonyl (C=O) groups is 3. The van der Waals surface area contributed by atoms with Gasteiger partial charge in [0, 0.05) is 12.6 Å². The van der Waals surface area contributed by atoms with Crippen molar-refractivity contribution < 1.29 is 28.2 Å². The summed E-state index contributed by atoms with van der Waals surface area (Å²) in [5.74, 6) is -1.70. The summed E-state index contributed by atoms with van der Waals surface area (Å²) in [4.78, 5) is 38.2. The molecule has 1 aliphatic rings. The summed E-state index contributed by atoms with van der Waals surface area (Å²) in [7, 11) is 0. The molecule has 3 rings (SSSR count). The van der Waals surface area contributed by atoms with E-state index < -0.39 is 29.9 Å². The van der Waals surface area contributed by atoms with Gasteiger partial charge < -0.3 is 19.7 Å². The monoisotopic (exact) mass is 400 g/mol. The number of ether oxygens (including phenoxy) is 2. The summed E-state index contributed by atoms with van der Waals surface area (Å²) in [6.07, 6.45) is -2.21. The standard InChI is InChI=1S/C21H21FN2O5/c1-12-8-9-15(10-16(12)22)23-20(26)13(2)28-21(27)19-11-24(14(3)25)17-6-4-5-7-18(17)29-19/h4-10,13,19H,11H2,1-3H3,(H,23,26)/t13-,19+/m0/s1. The minimum absolute atomic E-state index is 0.0251. The molecule has 0 aromatic heterocycles. The number of hydrogen-bond donors (Lipinski definition) is 1. The van der Waals surface area contributed by atoms with Crippen LogP contribution in [0.25, 0.3) is 0 Å². The van der Waals surface area contributed by atoms with Crippen LogP contribution >= 0.6 is 0 Å². The Hall–Kier alpha value is -3.42. The maximum atomic E-state index is 13.6. The van der Waals surface area contributed by atoms with Gasteiger partial charge in [0.15, 0.2) is 6.10 Å². The second-order valence-electron chi connectivity index (χ2n) is 6.74. The molecule has 0 spiro atoms. The number of amides is 2. The van der Waals surface area contributed by atoms with Crippen molar-refractivity contribution in [2.24, 2.45) is 0 Å². The van der Waals surface area contributed by atoms with Crippen molar-refractivity contribution in [3.63, 3.8) is 0 Å². The van der Waals surface area contributed by atoms with Crippen molar-refractivity contribution in [3.8, 4) is 5.75 Å². The van der Waals surface area contributed by atoms with Crippen molar-refractivity contribution in [1.82, 2.24) is 0 Å². The minimum atomic E-state index is -1.14. The average Bonchev–Trinajstić information content (AvgIpc) is 2.69. The topological polar surface area (TPSA) is 84.9 Å². The van der Waals surface area contributed by atoms with Gasteiger partial charge in [0.25, 0.3) is 5.91 Å². The summed E-state index contributed by atoms with van der Waals surface area (Å²) in [5, 5.41) is 2.50. The summed E-state index contributed by atoms with van der Waals surface area (Å²) >= 11 is 0. The number of benzene rings is 2. The fourth-order valence-electron chi connectivity index (χ4n) is 2.87. The maximum absolute atomic E-state index is 13.6. The lowest BCUT2D eigenvalue weighted by Crippen LogP contribution is -2.48. The fraction of sp³-hybridized carbons (Fsp3) is 0.286. The van der Waals surface area contributed by atoms with Crippen LogP contribution in [0.15, 0.2) is 42.5 Å². The van der Waals surface area contributed by atoms with E-state index in [2.05, 4.69) is 5.32 Å². The first kappa shape index (κ1) is 20.3. The Balaban J connectivity index is 1.65. The Bertz CT molecular complexity index is 962. The number of halogens is 1. The van der Waals surface area contributed by atoms with Crippen LogP contribution in [0.5, 0.6) is 5.75 Å². The Morgan fingerprint density at radius 1 is 1.24 bits per heavy atom. The SMILES string of the molecule is CC(=O)N1C[C@H](C(=O)O[C@@H](C)C(=O)Nc2ccc(C)c(F)c2)Oc2ccccc21. The van der Waals surface area contributed by atoms with Gasteiger partial charge in [-0.25, -0.2) is 9.18 Å². The molecule has 8 heteroatoms. The van der Waals surface area contributed by atoms with Gasteiger partial charge in [-0.1, -0.05) is 18.2 Å². The molecule has 0 saturated carbocycles. The van der Waals surface area contributed by atoms with Crippen LogP contribution in [0.1, 0.15) is 19.4 Å². The van der Waals surface area contributed by atoms with Crippen molar-refractivity contribution in [1.29, 1.82) is 0 Å². The number of fused-ring (bicyclic) bond motifs is 1. The highest BCUT2D eigenvalue weighted by Crippen LogP contribution is 2.33. The number of anilines is 2. The molecule has 29 heavy (non-hydrogen) atoms. The quantitative estimate of drug-likeness (QED) is 0.798. The lowest BCUT2D eigenvalue weighted by Gasteiger charge is -2.33. The van der Waals surface area contributed by atoms with E-state index in [9.17, 15) is 18.8 Å². The van der Waals surface area contributed by atoms with Crippen LogP contribution in [0, 0.1) is 12.7 Å². The van der Waals surface area contributed by atoms with Gasteiger partial charge in [0.1, 0.15) is 11.6 Å². The molecule has 0 saturated heterocycles. The summed E-state index contributed by atoms with van der Waals surface area (Å²) in [6.45, 7) is 4.37. The Labute approximate surface area is 167 Å². The number of nitrogens with zero attached hydrogens (tertiary/aromatic N) is 1. The largest absolute Gasteiger partial charge is 0.475 e.